The number of hydrogen-bond acceptors (Lipinski definition) is 2. The zero-order valence-corrected chi connectivity index (χ0v) is 8.30. The van der Waals surface area contributed by atoms with Crippen LogP contribution in [0.25, 0.3) is 0 Å². The summed E-state index contributed by atoms with van der Waals surface area (Å²) in [6, 6.07) is 0. The largest absolute Gasteiger partial charge is 0.354 e. The maximum Gasteiger partial charge on any atom is 0.240 e. The van der Waals surface area contributed by atoms with E-state index in [9.17, 15) is 9.59 Å². The molecule has 5 heteroatoms. The summed E-state index contributed by atoms with van der Waals surface area (Å²) < 4.78 is 0. The molecule has 0 aromatic rings. The Bertz CT molecular complexity index is 218. The van der Waals surface area contributed by atoms with Crippen LogP contribution in [0.5, 0.6) is 0 Å². The number of nitrogens with one attached hydrogen (secondary N) is 1. The van der Waals surface area contributed by atoms with E-state index < -0.39 is 5.38 Å². The van der Waals surface area contributed by atoms with Gasteiger partial charge in [0.2, 0.25) is 11.8 Å². The second-order valence-corrected chi connectivity index (χ2v) is 3.70. The van der Waals surface area contributed by atoms with Crippen molar-refractivity contribution in [1.82, 2.24) is 10.2 Å². The average Bonchev–Trinajstić information content (AvgIpc) is 2.28. The van der Waals surface area contributed by atoms with Crippen LogP contribution in [0.15, 0.2) is 0 Å². The van der Waals surface area contributed by atoms with Crippen LogP contribution in [-0.4, -0.2) is 41.7 Å². The molecule has 0 bridgehead atoms. The maximum atomic E-state index is 11.4. The topological polar surface area (TPSA) is 49.4 Å². The van der Waals surface area contributed by atoms with Gasteiger partial charge in [0, 0.05) is 26.1 Å². The van der Waals surface area contributed by atoms with Crippen molar-refractivity contribution in [3.8, 4) is 0 Å². The average molecular weight is 205 g/mol. The van der Waals surface area contributed by atoms with Gasteiger partial charge in [-0.15, -0.1) is 11.6 Å². The van der Waals surface area contributed by atoms with Crippen molar-refractivity contribution >= 4 is 23.4 Å². The third-order valence-corrected chi connectivity index (χ3v) is 2.15. The molecule has 0 aliphatic carbocycles. The summed E-state index contributed by atoms with van der Waals surface area (Å²) in [5.41, 5.74) is 0. The van der Waals surface area contributed by atoms with Crippen molar-refractivity contribution in [2.75, 3.05) is 19.6 Å². The molecule has 1 aliphatic heterocycles. The van der Waals surface area contributed by atoms with Gasteiger partial charge >= 0.3 is 0 Å². The second-order valence-electron chi connectivity index (χ2n) is 3.04. The van der Waals surface area contributed by atoms with Crippen LogP contribution in [0.4, 0.5) is 0 Å². The number of nitrogens with zero attached hydrogens (tertiary/aromatic N) is 1. The van der Waals surface area contributed by atoms with Gasteiger partial charge in [-0.3, -0.25) is 9.59 Å². The van der Waals surface area contributed by atoms with Crippen LogP contribution in [0.1, 0.15) is 13.3 Å². The molecule has 1 rings (SSSR count). The summed E-state index contributed by atoms with van der Waals surface area (Å²) in [5.74, 6) is -0.101. The van der Waals surface area contributed by atoms with E-state index in [1.807, 2.05) is 0 Å². The molecule has 74 valence electrons. The lowest BCUT2D eigenvalue weighted by atomic mass is 10.3. The molecule has 1 unspecified atom stereocenters. The van der Waals surface area contributed by atoms with E-state index in [0.29, 0.717) is 26.1 Å². The first kappa shape index (κ1) is 10.3. The maximum absolute atomic E-state index is 11.4. The molecule has 4 nitrogen and oxygen atoms in total. The Hall–Kier alpha value is -0.770. The number of alkyl halides is 1. The number of rotatable bonds is 1. The molecule has 13 heavy (non-hydrogen) atoms. The van der Waals surface area contributed by atoms with Crippen LogP contribution >= 0.6 is 11.6 Å². The quantitative estimate of drug-likeness (QED) is 0.610. The van der Waals surface area contributed by atoms with Crippen molar-refractivity contribution in [3.63, 3.8) is 0 Å². The molecule has 0 saturated carbocycles. The Balaban J connectivity index is 2.51. The Kier molecular flexibility index (Phi) is 3.54. The zero-order chi connectivity index (χ0) is 9.84. The lowest BCUT2D eigenvalue weighted by Crippen LogP contribution is -2.38. The molecule has 1 fully saturated rings. The Morgan fingerprint density at radius 2 is 2.31 bits per heavy atom. The van der Waals surface area contributed by atoms with Gasteiger partial charge in [0.25, 0.3) is 0 Å². The van der Waals surface area contributed by atoms with E-state index in [-0.39, 0.29) is 11.8 Å². The Morgan fingerprint density at radius 1 is 1.62 bits per heavy atom. The van der Waals surface area contributed by atoms with Crippen LogP contribution < -0.4 is 5.32 Å². The summed E-state index contributed by atoms with van der Waals surface area (Å²) in [7, 11) is 0. The normalized spacial score (nSPS) is 20.5. The second kappa shape index (κ2) is 4.46. The third-order valence-electron chi connectivity index (χ3n) is 1.96. The molecule has 1 heterocycles. The number of carbonyl (C=O) groups is 2. The fourth-order valence-corrected chi connectivity index (χ4v) is 1.38. The summed E-state index contributed by atoms with van der Waals surface area (Å²) in [4.78, 5) is 24.0. The van der Waals surface area contributed by atoms with Crippen LogP contribution in [0.3, 0.4) is 0 Å². The highest BCUT2D eigenvalue weighted by molar-refractivity contribution is 6.30. The minimum atomic E-state index is -0.506. The van der Waals surface area contributed by atoms with Gasteiger partial charge in [-0.2, -0.15) is 0 Å². The molecule has 2 amide bonds. The molecule has 0 spiro atoms. The highest BCUT2D eigenvalue weighted by Crippen LogP contribution is 2.04. The van der Waals surface area contributed by atoms with Gasteiger partial charge < -0.3 is 10.2 Å². The predicted octanol–water partition coefficient (Wildman–Crippen LogP) is -0.0378. The molecule has 1 atom stereocenters. The van der Waals surface area contributed by atoms with Crippen LogP contribution in [0, 0.1) is 0 Å². The van der Waals surface area contributed by atoms with Crippen LogP contribution in [0.2, 0.25) is 0 Å². The van der Waals surface area contributed by atoms with Gasteiger partial charge in [0.15, 0.2) is 0 Å². The third kappa shape index (κ3) is 2.88. The van der Waals surface area contributed by atoms with Gasteiger partial charge in [0.05, 0.1) is 0 Å². The van der Waals surface area contributed by atoms with E-state index in [2.05, 4.69) is 5.32 Å². The van der Waals surface area contributed by atoms with Gasteiger partial charge in [0.1, 0.15) is 5.38 Å². The summed E-state index contributed by atoms with van der Waals surface area (Å²) in [5, 5.41) is 2.19. The minimum absolute atomic E-state index is 0.00229. The zero-order valence-electron chi connectivity index (χ0n) is 7.55. The van der Waals surface area contributed by atoms with Gasteiger partial charge in [-0.05, 0) is 6.92 Å². The van der Waals surface area contributed by atoms with E-state index in [0.717, 1.165) is 0 Å². The molecule has 1 saturated heterocycles. The van der Waals surface area contributed by atoms with Crippen molar-refractivity contribution in [2.24, 2.45) is 0 Å². The Labute approximate surface area is 82.2 Å². The minimum Gasteiger partial charge on any atom is -0.354 e. The molecular weight excluding hydrogens is 192 g/mol. The molecule has 1 aliphatic rings. The van der Waals surface area contributed by atoms with E-state index in [1.54, 1.807) is 11.8 Å². The SMILES string of the molecule is CC(Cl)C(=O)N1CCNC(=O)CC1. The van der Waals surface area contributed by atoms with E-state index in [1.165, 1.54) is 0 Å². The van der Waals surface area contributed by atoms with E-state index in [4.69, 9.17) is 11.6 Å². The molecular formula is C8H13ClN2O2. The number of halogens is 1. The first-order valence-corrected chi connectivity index (χ1v) is 4.74. The number of carbonyl (C=O) groups excluding carboxylic acids is 2. The van der Waals surface area contributed by atoms with Crippen molar-refractivity contribution in [2.45, 2.75) is 18.7 Å². The molecule has 0 radical (unpaired) electrons. The highest BCUT2D eigenvalue weighted by atomic mass is 35.5. The lowest BCUT2D eigenvalue weighted by molar-refractivity contribution is -0.130. The molecule has 0 aromatic carbocycles. The van der Waals surface area contributed by atoms with Crippen molar-refractivity contribution < 1.29 is 9.59 Å². The standard InChI is InChI=1S/C8H13ClN2O2/c1-6(9)8(13)11-4-2-7(12)10-3-5-11/h6H,2-5H2,1H3,(H,10,12). The van der Waals surface area contributed by atoms with E-state index >= 15 is 0 Å². The van der Waals surface area contributed by atoms with Crippen molar-refractivity contribution in [3.05, 3.63) is 0 Å². The summed E-state index contributed by atoms with van der Waals surface area (Å²) >= 11 is 5.65. The predicted molar refractivity (Wildman–Crippen MR) is 49.5 cm³/mol. The number of amides is 2. The van der Waals surface area contributed by atoms with Gasteiger partial charge in [-0.25, -0.2) is 0 Å². The highest BCUT2D eigenvalue weighted by Gasteiger charge is 2.21. The monoisotopic (exact) mass is 204 g/mol. The summed E-state index contributed by atoms with van der Waals surface area (Å²) in [6.07, 6.45) is 0.370. The first-order valence-electron chi connectivity index (χ1n) is 4.31. The fourth-order valence-electron chi connectivity index (χ4n) is 1.24. The fraction of sp³-hybridized carbons (Fsp3) is 0.750. The van der Waals surface area contributed by atoms with Crippen LogP contribution in [-0.2, 0) is 9.59 Å². The first-order chi connectivity index (χ1) is 6.11. The molecule has 0 aromatic heterocycles. The Morgan fingerprint density at radius 3 is 2.92 bits per heavy atom. The van der Waals surface area contributed by atoms with Gasteiger partial charge in [-0.1, -0.05) is 0 Å². The van der Waals surface area contributed by atoms with Crippen molar-refractivity contribution in [1.29, 1.82) is 0 Å². The number of hydrogen-bond donors (Lipinski definition) is 1. The smallest absolute Gasteiger partial charge is 0.240 e. The summed E-state index contributed by atoms with van der Waals surface area (Å²) in [6.45, 7) is 3.20. The lowest BCUT2D eigenvalue weighted by Gasteiger charge is -2.20. The molecule has 1 N–H and O–H groups in total.